The van der Waals surface area contributed by atoms with Crippen molar-refractivity contribution in [1.82, 2.24) is 15.1 Å². The Morgan fingerprint density at radius 1 is 1.44 bits per heavy atom. The fourth-order valence-electron chi connectivity index (χ4n) is 1.70. The van der Waals surface area contributed by atoms with Crippen LogP contribution in [0, 0.1) is 0 Å². The van der Waals surface area contributed by atoms with Crippen molar-refractivity contribution in [2.24, 2.45) is 0 Å². The van der Waals surface area contributed by atoms with Crippen molar-refractivity contribution in [2.75, 3.05) is 20.3 Å². The Balaban J connectivity index is 2.59. The number of rotatable bonds is 8. The van der Waals surface area contributed by atoms with Gasteiger partial charge in [-0.25, -0.2) is 0 Å². The molecule has 1 rings (SSSR count). The molecule has 0 saturated carbocycles. The average molecular weight is 225 g/mol. The highest BCUT2D eigenvalue weighted by atomic mass is 16.5. The molecule has 0 aliphatic carbocycles. The van der Waals surface area contributed by atoms with E-state index in [1.54, 1.807) is 0 Å². The average Bonchev–Trinajstić information content (AvgIpc) is 2.73. The van der Waals surface area contributed by atoms with Crippen LogP contribution >= 0.6 is 0 Å². The lowest BCUT2D eigenvalue weighted by molar-refractivity contribution is 0.111. The van der Waals surface area contributed by atoms with Gasteiger partial charge in [0.25, 0.3) is 0 Å². The second kappa shape index (κ2) is 7.41. The number of aromatic nitrogens is 2. The molecule has 1 unspecified atom stereocenters. The summed E-state index contributed by atoms with van der Waals surface area (Å²) in [6, 6.07) is 2.30. The fraction of sp³-hybridized carbons (Fsp3) is 0.750. The van der Waals surface area contributed by atoms with Crippen molar-refractivity contribution in [3.8, 4) is 0 Å². The highest BCUT2D eigenvalue weighted by Gasteiger charge is 2.13. The molecule has 0 spiro atoms. The zero-order valence-electron chi connectivity index (χ0n) is 10.6. The molecule has 4 nitrogen and oxygen atoms in total. The van der Waals surface area contributed by atoms with Gasteiger partial charge in [0, 0.05) is 19.3 Å². The van der Waals surface area contributed by atoms with Gasteiger partial charge in [0.15, 0.2) is 0 Å². The molecule has 0 amide bonds. The summed E-state index contributed by atoms with van der Waals surface area (Å²) in [7, 11) is 1.96. The quantitative estimate of drug-likeness (QED) is 0.688. The van der Waals surface area contributed by atoms with Crippen molar-refractivity contribution in [2.45, 2.75) is 39.3 Å². The molecule has 4 heteroatoms. The summed E-state index contributed by atoms with van der Waals surface area (Å²) in [5.74, 6) is 0. The minimum Gasteiger partial charge on any atom is -0.379 e. The first kappa shape index (κ1) is 13.2. The first-order valence-electron chi connectivity index (χ1n) is 6.10. The lowest BCUT2D eigenvalue weighted by atomic mass is 10.2. The molecule has 0 saturated heterocycles. The van der Waals surface area contributed by atoms with Crippen LogP contribution in [-0.4, -0.2) is 30.0 Å². The summed E-state index contributed by atoms with van der Waals surface area (Å²) < 4.78 is 7.64. The molecule has 1 aromatic heterocycles. The third-order valence-corrected chi connectivity index (χ3v) is 2.52. The van der Waals surface area contributed by atoms with Gasteiger partial charge in [-0.2, -0.15) is 5.10 Å². The van der Waals surface area contributed by atoms with E-state index >= 15 is 0 Å². The van der Waals surface area contributed by atoms with Gasteiger partial charge in [0.05, 0.1) is 18.3 Å². The van der Waals surface area contributed by atoms with Gasteiger partial charge in [-0.05, 0) is 26.0 Å². The van der Waals surface area contributed by atoms with E-state index in [1.165, 1.54) is 5.69 Å². The van der Waals surface area contributed by atoms with Crippen molar-refractivity contribution < 1.29 is 4.74 Å². The van der Waals surface area contributed by atoms with Crippen LogP contribution in [0.2, 0.25) is 0 Å². The van der Waals surface area contributed by atoms with E-state index in [0.29, 0.717) is 6.61 Å². The van der Waals surface area contributed by atoms with E-state index in [1.807, 2.05) is 13.2 Å². The van der Waals surface area contributed by atoms with Gasteiger partial charge in [-0.15, -0.1) is 0 Å². The summed E-state index contributed by atoms with van der Waals surface area (Å²) in [6.07, 6.45) is 4.01. The molecule has 1 heterocycles. The van der Waals surface area contributed by atoms with Crippen LogP contribution in [0.4, 0.5) is 0 Å². The van der Waals surface area contributed by atoms with E-state index in [2.05, 4.69) is 35.0 Å². The highest BCUT2D eigenvalue weighted by Crippen LogP contribution is 2.13. The second-order valence-corrected chi connectivity index (χ2v) is 3.90. The molecule has 1 atom stereocenters. The Labute approximate surface area is 98.0 Å². The maximum absolute atomic E-state index is 5.59. The standard InChI is InChI=1S/C12H23N3O/c1-4-8-15-12(6-7-14-15)11(13-3)10-16-9-5-2/h6-7,11,13H,4-5,8-10H2,1-3H3. The molecule has 0 fully saturated rings. The van der Waals surface area contributed by atoms with Crippen LogP contribution in [0.15, 0.2) is 12.3 Å². The third-order valence-electron chi connectivity index (χ3n) is 2.52. The summed E-state index contributed by atoms with van der Waals surface area (Å²) >= 11 is 0. The van der Waals surface area contributed by atoms with Crippen LogP contribution in [-0.2, 0) is 11.3 Å². The Morgan fingerprint density at radius 2 is 2.25 bits per heavy atom. The molecule has 0 bridgehead atoms. The van der Waals surface area contributed by atoms with E-state index in [-0.39, 0.29) is 6.04 Å². The number of hydrogen-bond acceptors (Lipinski definition) is 3. The van der Waals surface area contributed by atoms with Crippen LogP contribution in [0.1, 0.15) is 38.4 Å². The van der Waals surface area contributed by atoms with Crippen molar-refractivity contribution in [3.63, 3.8) is 0 Å². The maximum Gasteiger partial charge on any atom is 0.0727 e. The predicted molar refractivity (Wildman–Crippen MR) is 65.4 cm³/mol. The molecule has 0 aliphatic rings. The molecule has 1 N–H and O–H groups in total. The minimum absolute atomic E-state index is 0.237. The number of nitrogens with one attached hydrogen (secondary N) is 1. The lowest BCUT2D eigenvalue weighted by Crippen LogP contribution is -2.25. The fourth-order valence-corrected chi connectivity index (χ4v) is 1.70. The lowest BCUT2D eigenvalue weighted by Gasteiger charge is -2.17. The number of hydrogen-bond donors (Lipinski definition) is 1. The van der Waals surface area contributed by atoms with Crippen molar-refractivity contribution >= 4 is 0 Å². The largest absolute Gasteiger partial charge is 0.379 e. The van der Waals surface area contributed by atoms with Gasteiger partial charge in [-0.1, -0.05) is 13.8 Å². The molecular formula is C12H23N3O. The molecule has 92 valence electrons. The number of nitrogens with zero attached hydrogens (tertiary/aromatic N) is 2. The summed E-state index contributed by atoms with van der Waals surface area (Å²) in [6.45, 7) is 6.78. The monoisotopic (exact) mass is 225 g/mol. The van der Waals surface area contributed by atoms with E-state index in [0.717, 1.165) is 26.0 Å². The summed E-state index contributed by atoms with van der Waals surface area (Å²) in [4.78, 5) is 0. The van der Waals surface area contributed by atoms with Gasteiger partial charge in [0.1, 0.15) is 0 Å². The topological polar surface area (TPSA) is 39.1 Å². The van der Waals surface area contributed by atoms with E-state index in [9.17, 15) is 0 Å². The molecule has 0 radical (unpaired) electrons. The molecular weight excluding hydrogens is 202 g/mol. The maximum atomic E-state index is 5.59. The first-order chi connectivity index (χ1) is 7.83. The Hall–Kier alpha value is -0.870. The van der Waals surface area contributed by atoms with Crippen LogP contribution in [0.3, 0.4) is 0 Å². The SMILES string of the molecule is CCCOCC(NC)c1ccnn1CCC. The zero-order valence-corrected chi connectivity index (χ0v) is 10.6. The molecule has 0 aromatic carbocycles. The summed E-state index contributed by atoms with van der Waals surface area (Å²) in [5.41, 5.74) is 1.21. The van der Waals surface area contributed by atoms with Gasteiger partial charge >= 0.3 is 0 Å². The second-order valence-electron chi connectivity index (χ2n) is 3.90. The number of likely N-dealkylation sites (N-methyl/N-ethyl adjacent to an activating group) is 1. The molecule has 0 aliphatic heterocycles. The van der Waals surface area contributed by atoms with Gasteiger partial charge < -0.3 is 10.1 Å². The highest BCUT2D eigenvalue weighted by molar-refractivity contribution is 5.07. The Kier molecular flexibility index (Phi) is 6.11. The van der Waals surface area contributed by atoms with E-state index < -0.39 is 0 Å². The molecule has 16 heavy (non-hydrogen) atoms. The normalized spacial score (nSPS) is 12.9. The Bertz CT molecular complexity index is 286. The zero-order chi connectivity index (χ0) is 11.8. The number of ether oxygens (including phenoxy) is 1. The van der Waals surface area contributed by atoms with Crippen LogP contribution < -0.4 is 5.32 Å². The Morgan fingerprint density at radius 3 is 2.88 bits per heavy atom. The van der Waals surface area contributed by atoms with Crippen molar-refractivity contribution in [3.05, 3.63) is 18.0 Å². The van der Waals surface area contributed by atoms with Crippen molar-refractivity contribution in [1.29, 1.82) is 0 Å². The van der Waals surface area contributed by atoms with E-state index in [4.69, 9.17) is 4.74 Å². The summed E-state index contributed by atoms with van der Waals surface area (Å²) in [5, 5.41) is 7.60. The third kappa shape index (κ3) is 3.61. The van der Waals surface area contributed by atoms with Crippen LogP contribution in [0.5, 0.6) is 0 Å². The smallest absolute Gasteiger partial charge is 0.0727 e. The predicted octanol–water partition coefficient (Wildman–Crippen LogP) is 1.98. The minimum atomic E-state index is 0.237. The van der Waals surface area contributed by atoms with Gasteiger partial charge in [0.2, 0.25) is 0 Å². The number of aryl methyl sites for hydroxylation is 1. The van der Waals surface area contributed by atoms with Crippen LogP contribution in [0.25, 0.3) is 0 Å². The van der Waals surface area contributed by atoms with Gasteiger partial charge in [-0.3, -0.25) is 4.68 Å². The molecule has 1 aromatic rings. The first-order valence-corrected chi connectivity index (χ1v) is 6.10.